The van der Waals surface area contributed by atoms with Crippen molar-refractivity contribution in [3.05, 3.63) is 200 Å². The largest absolute Gasteiger partial charge is 0.310 e. The smallest absolute Gasteiger partial charge is 0.0547 e. The molecule has 0 saturated heterocycles. The molecule has 0 N–H and O–H groups in total. The zero-order valence-corrected chi connectivity index (χ0v) is 27.9. The Kier molecular flexibility index (Phi) is 6.81. The maximum Gasteiger partial charge on any atom is 0.0547 e. The van der Waals surface area contributed by atoms with Crippen LogP contribution in [-0.4, -0.2) is 9.13 Å². The maximum absolute atomic E-state index is 2.41. The standard InChI is InChI=1S/C48H33N3/c1-4-15-36(16-5-1)49(37-17-6-2-7-18-37)39-21-14-22-40(33-39)51-46-26-13-11-24-42(46)44-31-34(28-30-47(44)51)35-27-29-43-41-23-10-12-25-45(41)50(48(43)32-35)38-19-8-3-9-20-38/h1-33H. The van der Waals surface area contributed by atoms with Crippen molar-refractivity contribution < 1.29 is 0 Å². The van der Waals surface area contributed by atoms with Crippen molar-refractivity contribution in [2.75, 3.05) is 4.90 Å². The first kappa shape index (κ1) is 29.1. The molecular formula is C48H33N3. The zero-order valence-electron chi connectivity index (χ0n) is 27.9. The first-order valence-corrected chi connectivity index (χ1v) is 17.4. The summed E-state index contributed by atoms with van der Waals surface area (Å²) < 4.78 is 4.79. The number of rotatable bonds is 6. The minimum atomic E-state index is 1.11. The number of para-hydroxylation sites is 5. The molecule has 240 valence electrons. The highest BCUT2D eigenvalue weighted by molar-refractivity contribution is 6.12. The minimum absolute atomic E-state index is 1.11. The lowest BCUT2D eigenvalue weighted by molar-refractivity contribution is 1.17. The van der Waals surface area contributed by atoms with E-state index < -0.39 is 0 Å². The molecule has 0 aliphatic heterocycles. The summed E-state index contributed by atoms with van der Waals surface area (Å²) >= 11 is 0. The highest BCUT2D eigenvalue weighted by atomic mass is 15.1. The molecule has 8 aromatic carbocycles. The van der Waals surface area contributed by atoms with Gasteiger partial charge >= 0.3 is 0 Å². The van der Waals surface area contributed by atoms with E-state index in [2.05, 4.69) is 214 Å². The van der Waals surface area contributed by atoms with Crippen LogP contribution in [-0.2, 0) is 0 Å². The molecule has 0 bridgehead atoms. The van der Waals surface area contributed by atoms with E-state index >= 15 is 0 Å². The van der Waals surface area contributed by atoms with Crippen molar-refractivity contribution >= 4 is 60.7 Å². The van der Waals surface area contributed by atoms with Crippen LogP contribution in [0.4, 0.5) is 17.1 Å². The van der Waals surface area contributed by atoms with Crippen molar-refractivity contribution in [1.29, 1.82) is 0 Å². The van der Waals surface area contributed by atoms with Crippen LogP contribution >= 0.6 is 0 Å². The number of hydrogen-bond donors (Lipinski definition) is 0. The molecule has 2 heterocycles. The molecule has 0 atom stereocenters. The second kappa shape index (κ2) is 11.9. The average Bonchev–Trinajstić information content (AvgIpc) is 3.71. The molecule has 0 radical (unpaired) electrons. The molecule has 0 unspecified atom stereocenters. The summed E-state index contributed by atoms with van der Waals surface area (Å²) in [6.45, 7) is 0. The van der Waals surface area contributed by atoms with E-state index in [0.29, 0.717) is 0 Å². The Morgan fingerprint density at radius 3 is 1.43 bits per heavy atom. The highest BCUT2D eigenvalue weighted by Gasteiger charge is 2.18. The summed E-state index contributed by atoms with van der Waals surface area (Å²) in [6, 6.07) is 72.1. The number of aromatic nitrogens is 2. The third-order valence-electron chi connectivity index (χ3n) is 10.1. The number of fused-ring (bicyclic) bond motifs is 6. The lowest BCUT2D eigenvalue weighted by Crippen LogP contribution is -2.10. The van der Waals surface area contributed by atoms with E-state index in [1.165, 1.54) is 60.4 Å². The number of hydrogen-bond acceptors (Lipinski definition) is 1. The maximum atomic E-state index is 2.41. The minimum Gasteiger partial charge on any atom is -0.310 e. The second-order valence-corrected chi connectivity index (χ2v) is 13.0. The van der Waals surface area contributed by atoms with E-state index in [9.17, 15) is 0 Å². The van der Waals surface area contributed by atoms with Gasteiger partial charge in [-0.25, -0.2) is 0 Å². The summed E-state index contributed by atoms with van der Waals surface area (Å²) in [5, 5.41) is 5.00. The average molecular weight is 652 g/mol. The Hall–Kier alpha value is -6.84. The van der Waals surface area contributed by atoms with Gasteiger partial charge in [-0.1, -0.05) is 115 Å². The molecule has 0 fully saturated rings. The molecule has 2 aromatic heterocycles. The topological polar surface area (TPSA) is 13.1 Å². The Labute approximate surface area is 296 Å². The van der Waals surface area contributed by atoms with Gasteiger partial charge in [0, 0.05) is 50.0 Å². The molecule has 51 heavy (non-hydrogen) atoms. The third-order valence-corrected chi connectivity index (χ3v) is 10.1. The van der Waals surface area contributed by atoms with Crippen LogP contribution in [0.3, 0.4) is 0 Å². The van der Waals surface area contributed by atoms with Gasteiger partial charge in [-0.2, -0.15) is 0 Å². The van der Waals surface area contributed by atoms with E-state index in [1.807, 2.05) is 0 Å². The van der Waals surface area contributed by atoms with Gasteiger partial charge in [0.2, 0.25) is 0 Å². The Morgan fingerprint density at radius 1 is 0.275 bits per heavy atom. The normalized spacial score (nSPS) is 11.5. The number of anilines is 3. The third kappa shape index (κ3) is 4.82. The van der Waals surface area contributed by atoms with E-state index in [4.69, 9.17) is 0 Å². The van der Waals surface area contributed by atoms with E-state index in [-0.39, 0.29) is 0 Å². The summed E-state index contributed by atoms with van der Waals surface area (Å²) in [6.07, 6.45) is 0. The number of nitrogens with zero attached hydrogens (tertiary/aromatic N) is 3. The van der Waals surface area contributed by atoms with E-state index in [1.54, 1.807) is 0 Å². The second-order valence-electron chi connectivity index (χ2n) is 13.0. The zero-order chi connectivity index (χ0) is 33.7. The van der Waals surface area contributed by atoms with Crippen LogP contribution in [0.1, 0.15) is 0 Å². The fourth-order valence-corrected chi connectivity index (χ4v) is 7.81. The fourth-order valence-electron chi connectivity index (χ4n) is 7.81. The van der Waals surface area contributed by atoms with E-state index in [0.717, 1.165) is 22.7 Å². The van der Waals surface area contributed by atoms with Gasteiger partial charge in [-0.05, 0) is 96.1 Å². The summed E-state index contributed by atoms with van der Waals surface area (Å²) in [4.78, 5) is 2.32. The molecule has 0 amide bonds. The first-order chi connectivity index (χ1) is 25.3. The van der Waals surface area contributed by atoms with Crippen LogP contribution in [0, 0.1) is 0 Å². The Balaban J connectivity index is 1.14. The lowest BCUT2D eigenvalue weighted by Gasteiger charge is -2.26. The van der Waals surface area contributed by atoms with Crippen molar-refractivity contribution in [2.45, 2.75) is 0 Å². The molecule has 0 aliphatic carbocycles. The van der Waals surface area contributed by atoms with Gasteiger partial charge in [-0.3, -0.25) is 0 Å². The van der Waals surface area contributed by atoms with Gasteiger partial charge < -0.3 is 14.0 Å². The number of benzene rings is 8. The molecule has 10 rings (SSSR count). The lowest BCUT2D eigenvalue weighted by atomic mass is 10.0. The Morgan fingerprint density at radius 2 is 0.745 bits per heavy atom. The van der Waals surface area contributed by atoms with Gasteiger partial charge in [0.25, 0.3) is 0 Å². The van der Waals surface area contributed by atoms with Gasteiger partial charge in [0.1, 0.15) is 0 Å². The predicted molar refractivity (Wildman–Crippen MR) is 215 cm³/mol. The van der Waals surface area contributed by atoms with Crippen molar-refractivity contribution in [3.8, 4) is 22.5 Å². The molecule has 0 spiro atoms. The summed E-state index contributed by atoms with van der Waals surface area (Å²) in [5.41, 5.74) is 12.8. The molecule has 10 aromatic rings. The van der Waals surface area contributed by atoms with Crippen LogP contribution in [0.5, 0.6) is 0 Å². The summed E-state index contributed by atoms with van der Waals surface area (Å²) in [7, 11) is 0. The van der Waals surface area contributed by atoms with Crippen LogP contribution in [0.25, 0.3) is 66.1 Å². The first-order valence-electron chi connectivity index (χ1n) is 17.4. The molecule has 0 saturated carbocycles. The van der Waals surface area contributed by atoms with Crippen LogP contribution in [0.2, 0.25) is 0 Å². The SMILES string of the molecule is c1ccc(N(c2ccccc2)c2cccc(-n3c4ccccc4c4cc(-c5ccc6c7ccccc7n(-c7ccccc7)c6c5)ccc43)c2)cc1. The van der Waals surface area contributed by atoms with Gasteiger partial charge in [0.05, 0.1) is 22.1 Å². The van der Waals surface area contributed by atoms with Crippen LogP contribution in [0.15, 0.2) is 200 Å². The van der Waals surface area contributed by atoms with Crippen LogP contribution < -0.4 is 4.90 Å². The summed E-state index contributed by atoms with van der Waals surface area (Å²) in [5.74, 6) is 0. The quantitative estimate of drug-likeness (QED) is 0.174. The van der Waals surface area contributed by atoms with Gasteiger partial charge in [-0.15, -0.1) is 0 Å². The highest BCUT2D eigenvalue weighted by Crippen LogP contribution is 2.40. The predicted octanol–water partition coefficient (Wildman–Crippen LogP) is 13.0. The van der Waals surface area contributed by atoms with Crippen molar-refractivity contribution in [2.24, 2.45) is 0 Å². The van der Waals surface area contributed by atoms with Gasteiger partial charge in [0.15, 0.2) is 0 Å². The molecular weight excluding hydrogens is 619 g/mol. The molecule has 3 nitrogen and oxygen atoms in total. The monoisotopic (exact) mass is 651 g/mol. The van der Waals surface area contributed by atoms with Crippen molar-refractivity contribution in [1.82, 2.24) is 9.13 Å². The fraction of sp³-hybridized carbons (Fsp3) is 0. The van der Waals surface area contributed by atoms with Crippen molar-refractivity contribution in [3.63, 3.8) is 0 Å². The Bertz CT molecular complexity index is 2810. The molecule has 3 heteroatoms. The molecule has 0 aliphatic rings.